The number of aromatic amines is 1. The van der Waals surface area contributed by atoms with Crippen LogP contribution in [0.4, 0.5) is 0 Å². The van der Waals surface area contributed by atoms with Crippen LogP contribution >= 0.6 is 11.3 Å². The van der Waals surface area contributed by atoms with E-state index < -0.39 is 0 Å². The Morgan fingerprint density at radius 1 is 0.662 bits per heavy atom. The van der Waals surface area contributed by atoms with Crippen molar-refractivity contribution in [2.45, 2.75) is 169 Å². The molecule has 3 aromatic carbocycles. The van der Waals surface area contributed by atoms with Gasteiger partial charge in [0, 0.05) is 17.2 Å². The van der Waals surface area contributed by atoms with Crippen molar-refractivity contribution in [1.29, 1.82) is 5.26 Å². The summed E-state index contributed by atoms with van der Waals surface area (Å²) in [5.41, 5.74) is 6.29. The van der Waals surface area contributed by atoms with Crippen LogP contribution < -0.4 is 20.0 Å². The molecule has 0 bridgehead atoms. The molecule has 2 aromatic heterocycles. The van der Waals surface area contributed by atoms with E-state index in [-0.39, 0.29) is 23.0 Å². The first-order chi connectivity index (χ1) is 33.2. The number of nitrogens with zero attached hydrogens (tertiary/aromatic N) is 2. The predicted molar refractivity (Wildman–Crippen MR) is 301 cm³/mol. The number of ether oxygens (including phenoxy) is 2. The van der Waals surface area contributed by atoms with Gasteiger partial charge in [-0.2, -0.15) is 5.26 Å². The summed E-state index contributed by atoms with van der Waals surface area (Å²) < 4.78 is 14.6. The summed E-state index contributed by atoms with van der Waals surface area (Å²) in [5.74, 6) is 4.69. The Kier molecular flexibility index (Phi) is 18.1. The molecule has 2 heterocycles. The first kappa shape index (κ1) is 55.6. The van der Waals surface area contributed by atoms with Crippen molar-refractivity contribution in [2.24, 2.45) is 57.2 Å². The smallest absolute Gasteiger partial charge is 0.170 e. The van der Waals surface area contributed by atoms with E-state index in [0.717, 1.165) is 69.3 Å². The molecule has 6 rings (SSSR count). The molecule has 6 unspecified atom stereocenters. The van der Waals surface area contributed by atoms with Gasteiger partial charge in [0.15, 0.2) is 5.78 Å². The van der Waals surface area contributed by atoms with Gasteiger partial charge in [0.1, 0.15) is 28.1 Å². The molecular formula is C64H89N3O3S. The number of hydrogen-bond acceptors (Lipinski definition) is 6. The number of hydrogen-bond donors (Lipinski definition) is 1. The lowest BCUT2D eigenvalue weighted by atomic mass is 9.76. The highest BCUT2D eigenvalue weighted by Gasteiger charge is 2.31. The van der Waals surface area contributed by atoms with E-state index in [0.29, 0.717) is 86.7 Å². The number of Topliss-reactive ketones (excluding diaryl/α,β-unsaturated/α-hetero) is 1. The van der Waals surface area contributed by atoms with E-state index in [1.807, 2.05) is 54.6 Å². The van der Waals surface area contributed by atoms with Gasteiger partial charge in [-0.25, -0.2) is 4.98 Å². The summed E-state index contributed by atoms with van der Waals surface area (Å²) in [5, 5.41) is 13.1. The van der Waals surface area contributed by atoms with Crippen LogP contribution in [0.3, 0.4) is 0 Å². The topological polar surface area (TPSA) is 88.0 Å². The molecule has 0 spiro atoms. The van der Waals surface area contributed by atoms with Gasteiger partial charge >= 0.3 is 0 Å². The molecule has 5 aromatic rings. The average molecular weight is 981 g/mol. The fourth-order valence-electron chi connectivity index (χ4n) is 11.8. The molecule has 0 saturated heterocycles. The van der Waals surface area contributed by atoms with Gasteiger partial charge in [-0.3, -0.25) is 4.79 Å². The molecule has 1 aliphatic carbocycles. The maximum Gasteiger partial charge on any atom is 0.170 e. The molecule has 0 amide bonds. The van der Waals surface area contributed by atoms with E-state index in [4.69, 9.17) is 14.5 Å². The van der Waals surface area contributed by atoms with Crippen LogP contribution in [0.5, 0.6) is 11.5 Å². The normalized spacial score (nSPS) is 16.5. The Morgan fingerprint density at radius 2 is 1.15 bits per heavy atom. The number of aromatic nitrogens is 2. The Morgan fingerprint density at radius 3 is 1.65 bits per heavy atom. The first-order valence-electron chi connectivity index (χ1n) is 26.9. The lowest BCUT2D eigenvalue weighted by Gasteiger charge is -2.31. The lowest BCUT2D eigenvalue weighted by molar-refractivity contribution is 0.100. The first-order valence-corrected chi connectivity index (χ1v) is 27.7. The highest BCUT2D eigenvalue weighted by molar-refractivity contribution is 7.19. The summed E-state index contributed by atoms with van der Waals surface area (Å²) in [4.78, 5) is 23.3. The molecule has 0 radical (unpaired) electrons. The molecule has 71 heavy (non-hydrogen) atoms. The van der Waals surface area contributed by atoms with Gasteiger partial charge < -0.3 is 14.5 Å². The van der Waals surface area contributed by atoms with Crippen LogP contribution in [0.25, 0.3) is 32.6 Å². The Labute approximate surface area is 433 Å². The quantitative estimate of drug-likeness (QED) is 0.0791. The number of H-pyrrole nitrogens is 1. The van der Waals surface area contributed by atoms with Crippen molar-refractivity contribution in [3.63, 3.8) is 0 Å². The number of rotatable bonds is 21. The Hall–Kier alpha value is -4.67. The molecule has 1 aliphatic rings. The van der Waals surface area contributed by atoms with Crippen LogP contribution in [0.2, 0.25) is 0 Å². The number of ketones is 1. The second-order valence-corrected chi connectivity index (χ2v) is 27.8. The Bertz CT molecular complexity index is 2720. The summed E-state index contributed by atoms with van der Waals surface area (Å²) in [6, 6.07) is 26.9. The number of fused-ring (bicyclic) bond motifs is 2. The summed E-state index contributed by atoms with van der Waals surface area (Å²) in [6.07, 6.45) is 9.48. The largest absolute Gasteiger partial charge is 0.493 e. The minimum absolute atomic E-state index is 0.0209. The minimum atomic E-state index is 0.0209. The zero-order valence-electron chi connectivity index (χ0n) is 46.7. The zero-order chi connectivity index (χ0) is 52.1. The molecule has 0 fully saturated rings. The maximum absolute atomic E-state index is 14.6. The third-order valence-electron chi connectivity index (χ3n) is 14.5. The predicted octanol–water partition coefficient (Wildman–Crippen LogP) is 16.6. The van der Waals surface area contributed by atoms with Crippen molar-refractivity contribution in [1.82, 2.24) is 9.97 Å². The zero-order valence-corrected chi connectivity index (χ0v) is 47.5. The van der Waals surface area contributed by atoms with E-state index in [1.54, 1.807) is 0 Å². The molecule has 0 saturated carbocycles. The van der Waals surface area contributed by atoms with Gasteiger partial charge in [0.2, 0.25) is 0 Å². The minimum Gasteiger partial charge on any atom is -0.493 e. The highest BCUT2D eigenvalue weighted by Crippen LogP contribution is 2.38. The van der Waals surface area contributed by atoms with Crippen LogP contribution in [-0.4, -0.2) is 29.0 Å². The third-order valence-corrected chi connectivity index (χ3v) is 15.5. The number of thiazole rings is 1. The number of nitriles is 1. The SMILES string of the molecule is CC(CCC(COc1cccc(C2=c3c(c(-c4cccc(OCC(CCC(C)CC(C)(C)C)C(C)CC(C)(C)C)c4)[nH]/c3=C(/C#N)c3nc4ccccc4s3)C(=O)C2)c1)C(C)CC(C)(C)C)CC(C)(C)C. The number of para-hydroxylation sites is 1. The van der Waals surface area contributed by atoms with E-state index in [1.165, 1.54) is 37.0 Å². The second-order valence-electron chi connectivity index (χ2n) is 26.8. The molecule has 6 nitrogen and oxygen atoms in total. The number of benzene rings is 3. The van der Waals surface area contributed by atoms with Gasteiger partial charge in [-0.15, -0.1) is 11.3 Å². The van der Waals surface area contributed by atoms with Crippen molar-refractivity contribution < 1.29 is 14.3 Å². The van der Waals surface area contributed by atoms with Crippen molar-refractivity contribution >= 4 is 38.5 Å². The second kappa shape index (κ2) is 23.0. The standard InChI is InChI=1S/C64H89N3O3S/c1-41(34-61(5,6)7)27-29-47(43(3)36-63(11,12)13)39-69-49-23-19-21-45(31-49)51-33-54(68)57-56(51)59(52(38-65)60-66-53-25-17-18-26-55(53)71-60)67-58(57)46-22-20-24-50(32-46)70-40-48(44(4)37-64(14,15)16)30-28-42(2)35-62(8,9)10/h17-26,31-32,41-44,47-48,67H,27-30,33-37,39-40H2,1-16H3/b59-52-. The van der Waals surface area contributed by atoms with Gasteiger partial charge in [-0.1, -0.05) is 160 Å². The summed E-state index contributed by atoms with van der Waals surface area (Å²) >= 11 is 1.50. The maximum atomic E-state index is 14.6. The molecule has 384 valence electrons. The van der Waals surface area contributed by atoms with Gasteiger partial charge in [0.25, 0.3) is 0 Å². The van der Waals surface area contributed by atoms with Crippen molar-refractivity contribution in [2.75, 3.05) is 13.2 Å². The van der Waals surface area contributed by atoms with Gasteiger partial charge in [0.05, 0.1) is 40.0 Å². The lowest BCUT2D eigenvalue weighted by Crippen LogP contribution is -2.28. The monoisotopic (exact) mass is 980 g/mol. The van der Waals surface area contributed by atoms with Crippen molar-refractivity contribution in [3.8, 4) is 28.8 Å². The van der Waals surface area contributed by atoms with E-state index in [9.17, 15) is 10.1 Å². The third kappa shape index (κ3) is 15.9. The molecular weight excluding hydrogens is 891 g/mol. The number of carbonyl (C=O) groups is 1. The van der Waals surface area contributed by atoms with Crippen molar-refractivity contribution in [3.05, 3.63) is 99.5 Å². The van der Waals surface area contributed by atoms with Gasteiger partial charge in [-0.05, 0) is 143 Å². The molecule has 1 N–H and O–H groups in total. The fraction of sp³-hybridized carbons (Fsp3) is 0.578. The average Bonchev–Trinajstić information content (AvgIpc) is 3.95. The number of nitrogens with one attached hydrogen (secondary N) is 1. The Balaban J connectivity index is 1.39. The van der Waals surface area contributed by atoms with E-state index in [2.05, 4.69) is 140 Å². The molecule has 7 heteroatoms. The molecule has 6 atom stereocenters. The van der Waals surface area contributed by atoms with Crippen LogP contribution in [0.15, 0.2) is 72.8 Å². The van der Waals surface area contributed by atoms with E-state index >= 15 is 0 Å². The van der Waals surface area contributed by atoms with Crippen LogP contribution in [0, 0.1) is 68.5 Å². The van der Waals surface area contributed by atoms with Crippen LogP contribution in [0.1, 0.15) is 189 Å². The summed E-state index contributed by atoms with van der Waals surface area (Å²) in [6.45, 7) is 38.9. The highest BCUT2D eigenvalue weighted by atomic mass is 32.1. The molecule has 0 aliphatic heterocycles. The van der Waals surface area contributed by atoms with Crippen LogP contribution in [-0.2, 0) is 0 Å². The fourth-order valence-corrected chi connectivity index (χ4v) is 12.8. The summed E-state index contributed by atoms with van der Waals surface area (Å²) in [7, 11) is 0. The number of carbonyl (C=O) groups excluding carboxylic acids is 1.